The lowest BCUT2D eigenvalue weighted by molar-refractivity contribution is 0.298. The molecule has 6 heteroatoms. The quantitative estimate of drug-likeness (QED) is 0.492. The van der Waals surface area contributed by atoms with Gasteiger partial charge in [-0.3, -0.25) is 0 Å². The highest BCUT2D eigenvalue weighted by atomic mass is 32.1. The maximum atomic E-state index is 9.40. The van der Waals surface area contributed by atoms with E-state index in [2.05, 4.69) is 39.9 Å². The van der Waals surface area contributed by atoms with E-state index in [4.69, 9.17) is 9.72 Å². The molecule has 28 heavy (non-hydrogen) atoms. The van der Waals surface area contributed by atoms with Crippen LogP contribution in [0.2, 0.25) is 0 Å². The van der Waals surface area contributed by atoms with Crippen LogP contribution in [0.25, 0.3) is 21.7 Å². The second-order valence-corrected chi connectivity index (χ2v) is 8.36. The lowest BCUT2D eigenvalue weighted by atomic mass is 9.83. The summed E-state index contributed by atoms with van der Waals surface area (Å²) >= 11 is 1.76. The van der Waals surface area contributed by atoms with Crippen LogP contribution in [0, 0.1) is 0 Å². The normalized spacial score (nSPS) is 14.5. The van der Waals surface area contributed by atoms with Crippen LogP contribution in [0.5, 0.6) is 11.5 Å². The molecular formula is C22H23N3O2S. The number of benzene rings is 1. The molecule has 144 valence electrons. The van der Waals surface area contributed by atoms with Crippen molar-refractivity contribution in [2.24, 2.45) is 7.05 Å². The van der Waals surface area contributed by atoms with E-state index in [1.807, 2.05) is 0 Å². The van der Waals surface area contributed by atoms with Gasteiger partial charge < -0.3 is 19.0 Å². The van der Waals surface area contributed by atoms with Crippen LogP contribution < -0.4 is 4.74 Å². The van der Waals surface area contributed by atoms with Crippen LogP contribution in [0.4, 0.5) is 0 Å². The third-order valence-electron chi connectivity index (χ3n) is 5.65. The number of fused-ring (bicyclic) bond motifs is 1. The third kappa shape index (κ3) is 3.07. The lowest BCUT2D eigenvalue weighted by Crippen LogP contribution is -2.10. The Kier molecular flexibility index (Phi) is 4.36. The number of ether oxygens (including phenoxy) is 1. The van der Waals surface area contributed by atoms with Gasteiger partial charge in [0.2, 0.25) is 0 Å². The van der Waals surface area contributed by atoms with Gasteiger partial charge >= 0.3 is 0 Å². The number of thiophene rings is 1. The summed E-state index contributed by atoms with van der Waals surface area (Å²) < 4.78 is 11.6. The molecule has 0 spiro atoms. The van der Waals surface area contributed by atoms with E-state index in [1.165, 1.54) is 35.2 Å². The molecule has 3 aromatic heterocycles. The molecule has 0 amide bonds. The highest BCUT2D eigenvalue weighted by Gasteiger charge is 2.25. The number of rotatable bonds is 6. The summed E-state index contributed by atoms with van der Waals surface area (Å²) in [5, 5.41) is 11.5. The van der Waals surface area contributed by atoms with Crippen LogP contribution in [-0.2, 0) is 13.6 Å². The van der Waals surface area contributed by atoms with Crippen LogP contribution >= 0.6 is 11.3 Å². The van der Waals surface area contributed by atoms with Gasteiger partial charge in [0.25, 0.3) is 0 Å². The Morgan fingerprint density at radius 2 is 2.04 bits per heavy atom. The van der Waals surface area contributed by atoms with Gasteiger partial charge in [0.1, 0.15) is 18.1 Å². The topological polar surface area (TPSA) is 52.2 Å². The zero-order valence-corrected chi connectivity index (χ0v) is 16.7. The highest BCUT2D eigenvalue weighted by molar-refractivity contribution is 7.17. The van der Waals surface area contributed by atoms with Crippen molar-refractivity contribution in [3.8, 4) is 23.0 Å². The van der Waals surface area contributed by atoms with E-state index >= 15 is 0 Å². The molecule has 1 aliphatic rings. The minimum Gasteiger partial charge on any atom is -0.508 e. The second-order valence-electron chi connectivity index (χ2n) is 7.41. The monoisotopic (exact) mass is 393 g/mol. The fraction of sp³-hybridized carbons (Fsp3) is 0.318. The Morgan fingerprint density at radius 3 is 2.75 bits per heavy atom. The summed E-state index contributed by atoms with van der Waals surface area (Å²) in [4.78, 5) is 5.03. The number of aromatic hydroxyl groups is 1. The molecule has 1 fully saturated rings. The maximum Gasteiger partial charge on any atom is 0.157 e. The van der Waals surface area contributed by atoms with Gasteiger partial charge in [-0.15, -0.1) is 11.3 Å². The number of nitrogens with zero attached hydrogens (tertiary/aromatic N) is 3. The van der Waals surface area contributed by atoms with E-state index in [0.717, 1.165) is 23.8 Å². The van der Waals surface area contributed by atoms with Gasteiger partial charge in [-0.1, -0.05) is 6.42 Å². The fourth-order valence-corrected chi connectivity index (χ4v) is 4.63. The van der Waals surface area contributed by atoms with Crippen molar-refractivity contribution in [1.29, 1.82) is 0 Å². The minimum atomic E-state index is 0.248. The average Bonchev–Trinajstić information content (AvgIpc) is 3.32. The van der Waals surface area contributed by atoms with Crippen molar-refractivity contribution in [3.05, 3.63) is 53.7 Å². The molecule has 1 aliphatic carbocycles. The van der Waals surface area contributed by atoms with Crippen LogP contribution in [-0.4, -0.2) is 25.8 Å². The standard InChI is InChI=1S/C22H23N3O2S/c1-24-19-9-12-28-21(19)13-20(24)22-23-18(15-3-2-4-15)14-25(22)10-11-27-17-7-5-16(26)6-8-17/h5-9,12-15,26H,2-4,10-11H2,1H3. The predicted octanol–water partition coefficient (Wildman–Crippen LogP) is 5.16. The number of aryl methyl sites for hydroxylation is 1. The van der Waals surface area contributed by atoms with E-state index in [9.17, 15) is 5.11 Å². The molecule has 1 N–H and O–H groups in total. The molecule has 5 rings (SSSR count). The van der Waals surface area contributed by atoms with E-state index in [-0.39, 0.29) is 5.75 Å². The van der Waals surface area contributed by atoms with E-state index in [1.54, 1.807) is 35.6 Å². The lowest BCUT2D eigenvalue weighted by Gasteiger charge is -2.22. The molecule has 0 unspecified atom stereocenters. The van der Waals surface area contributed by atoms with Crippen molar-refractivity contribution >= 4 is 21.6 Å². The molecule has 0 aliphatic heterocycles. The Bertz CT molecular complexity index is 1100. The number of imidazole rings is 1. The SMILES string of the molecule is Cn1c(-c2nc(C3CCC3)cn2CCOc2ccc(O)cc2)cc2sccc21. The predicted molar refractivity (Wildman–Crippen MR) is 112 cm³/mol. The van der Waals surface area contributed by atoms with E-state index in [0.29, 0.717) is 12.5 Å². The van der Waals surface area contributed by atoms with Crippen molar-refractivity contribution in [2.75, 3.05) is 6.61 Å². The van der Waals surface area contributed by atoms with Gasteiger partial charge in [-0.25, -0.2) is 4.98 Å². The number of aromatic nitrogens is 3. The van der Waals surface area contributed by atoms with Gasteiger partial charge in [0, 0.05) is 19.2 Å². The summed E-state index contributed by atoms with van der Waals surface area (Å²) in [6.07, 6.45) is 5.99. The average molecular weight is 394 g/mol. The Balaban J connectivity index is 1.42. The van der Waals surface area contributed by atoms with Crippen molar-refractivity contribution < 1.29 is 9.84 Å². The van der Waals surface area contributed by atoms with Gasteiger partial charge in [0.15, 0.2) is 5.82 Å². The van der Waals surface area contributed by atoms with Gasteiger partial charge in [-0.05, 0) is 54.6 Å². The largest absolute Gasteiger partial charge is 0.508 e. The number of hydrogen-bond acceptors (Lipinski definition) is 4. The molecular weight excluding hydrogens is 370 g/mol. The van der Waals surface area contributed by atoms with E-state index < -0.39 is 0 Å². The van der Waals surface area contributed by atoms with Crippen molar-refractivity contribution in [1.82, 2.24) is 14.1 Å². The Morgan fingerprint density at radius 1 is 1.21 bits per heavy atom. The number of hydrogen-bond donors (Lipinski definition) is 1. The summed E-state index contributed by atoms with van der Waals surface area (Å²) in [5.41, 5.74) is 3.60. The van der Waals surface area contributed by atoms with Crippen LogP contribution in [0.1, 0.15) is 30.9 Å². The first-order valence-corrected chi connectivity index (χ1v) is 10.6. The summed E-state index contributed by atoms with van der Waals surface area (Å²) in [5.74, 6) is 2.62. The first kappa shape index (κ1) is 17.4. The molecule has 5 nitrogen and oxygen atoms in total. The highest BCUT2D eigenvalue weighted by Crippen LogP contribution is 2.38. The van der Waals surface area contributed by atoms with Crippen LogP contribution in [0.3, 0.4) is 0 Å². The fourth-order valence-electron chi connectivity index (χ4n) is 3.78. The third-order valence-corrected chi connectivity index (χ3v) is 6.50. The maximum absolute atomic E-state index is 9.40. The van der Waals surface area contributed by atoms with Crippen LogP contribution in [0.15, 0.2) is 48.0 Å². The first-order valence-electron chi connectivity index (χ1n) is 9.71. The smallest absolute Gasteiger partial charge is 0.157 e. The Hall–Kier alpha value is -2.73. The molecule has 0 bridgehead atoms. The Labute approximate surface area is 167 Å². The summed E-state index contributed by atoms with van der Waals surface area (Å²) in [7, 11) is 2.11. The minimum absolute atomic E-state index is 0.248. The van der Waals surface area contributed by atoms with Gasteiger partial charge in [0.05, 0.1) is 28.1 Å². The molecule has 0 saturated heterocycles. The molecule has 3 heterocycles. The number of phenols is 1. The first-order chi connectivity index (χ1) is 13.7. The molecule has 0 atom stereocenters. The second kappa shape index (κ2) is 7.02. The zero-order valence-electron chi connectivity index (χ0n) is 15.8. The van der Waals surface area contributed by atoms with Crippen molar-refractivity contribution in [3.63, 3.8) is 0 Å². The summed E-state index contributed by atoms with van der Waals surface area (Å²) in [6.45, 7) is 1.28. The molecule has 4 aromatic rings. The zero-order chi connectivity index (χ0) is 19.1. The molecule has 1 aromatic carbocycles. The molecule has 1 saturated carbocycles. The number of phenolic OH excluding ortho intramolecular Hbond substituents is 1. The van der Waals surface area contributed by atoms with Gasteiger partial charge in [-0.2, -0.15) is 0 Å². The summed E-state index contributed by atoms with van der Waals surface area (Å²) in [6, 6.07) is 11.3. The molecule has 0 radical (unpaired) electrons. The van der Waals surface area contributed by atoms with Crippen molar-refractivity contribution in [2.45, 2.75) is 31.7 Å².